The van der Waals surface area contributed by atoms with Gasteiger partial charge in [0, 0.05) is 69.0 Å². The number of hydrogen-bond acceptors (Lipinski definition) is 4. The van der Waals surface area contributed by atoms with Gasteiger partial charge in [0.2, 0.25) is 5.91 Å². The average molecular weight is 405 g/mol. The maximum atomic E-state index is 12.7. The van der Waals surface area contributed by atoms with E-state index >= 15 is 0 Å². The highest BCUT2D eigenvalue weighted by atomic mass is 35.5. The quantitative estimate of drug-likeness (QED) is 0.767. The first-order valence-corrected chi connectivity index (χ1v) is 10.8. The van der Waals surface area contributed by atoms with Crippen molar-refractivity contribution in [1.82, 2.24) is 19.6 Å². The van der Waals surface area contributed by atoms with Crippen molar-refractivity contribution in [2.24, 2.45) is 0 Å². The normalized spacial score (nSPS) is 22.2. The molecule has 0 atom stereocenters. The summed E-state index contributed by atoms with van der Waals surface area (Å²) in [4.78, 5) is 33.9. The monoisotopic (exact) mass is 404 g/mol. The Morgan fingerprint density at radius 3 is 2.04 bits per heavy atom. The van der Waals surface area contributed by atoms with Crippen LogP contribution in [-0.2, 0) is 4.79 Å². The van der Waals surface area contributed by atoms with Gasteiger partial charge >= 0.3 is 0 Å². The van der Waals surface area contributed by atoms with Crippen molar-refractivity contribution in [1.29, 1.82) is 0 Å². The Labute approximate surface area is 172 Å². The molecule has 4 rings (SSSR count). The van der Waals surface area contributed by atoms with Crippen molar-refractivity contribution >= 4 is 23.4 Å². The van der Waals surface area contributed by atoms with Gasteiger partial charge in [0.15, 0.2) is 0 Å². The molecule has 28 heavy (non-hydrogen) atoms. The topological polar surface area (TPSA) is 47.1 Å². The molecule has 0 N–H and O–H groups in total. The molecule has 1 aliphatic carbocycles. The molecule has 3 fully saturated rings. The summed E-state index contributed by atoms with van der Waals surface area (Å²) >= 11 is 5.90. The fourth-order valence-electron chi connectivity index (χ4n) is 4.26. The highest BCUT2D eigenvalue weighted by Crippen LogP contribution is 2.25. The fraction of sp³-hybridized carbons (Fsp3) is 0.619. The lowest BCUT2D eigenvalue weighted by molar-refractivity contribution is -0.135. The number of halogens is 1. The zero-order valence-electron chi connectivity index (χ0n) is 16.4. The first-order chi connectivity index (χ1) is 13.6. The summed E-state index contributed by atoms with van der Waals surface area (Å²) in [5.41, 5.74) is 0.665. The molecule has 152 valence electrons. The molecule has 2 amide bonds. The lowest BCUT2D eigenvalue weighted by Crippen LogP contribution is -2.56. The molecular weight excluding hydrogens is 376 g/mol. The Kier molecular flexibility index (Phi) is 6.19. The number of piperazine rings is 2. The Morgan fingerprint density at radius 2 is 1.46 bits per heavy atom. The van der Waals surface area contributed by atoms with Gasteiger partial charge in [0.1, 0.15) is 0 Å². The molecule has 2 saturated heterocycles. The second-order valence-corrected chi connectivity index (χ2v) is 8.51. The number of rotatable bonds is 4. The first-order valence-electron chi connectivity index (χ1n) is 10.4. The van der Waals surface area contributed by atoms with E-state index in [9.17, 15) is 9.59 Å². The second-order valence-electron chi connectivity index (χ2n) is 8.08. The van der Waals surface area contributed by atoms with E-state index in [2.05, 4.69) is 9.80 Å². The Bertz CT molecular complexity index is 691. The minimum Gasteiger partial charge on any atom is -0.339 e. The van der Waals surface area contributed by atoms with Crippen LogP contribution in [0.2, 0.25) is 5.02 Å². The fourth-order valence-corrected chi connectivity index (χ4v) is 4.39. The van der Waals surface area contributed by atoms with E-state index in [-0.39, 0.29) is 11.8 Å². The van der Waals surface area contributed by atoms with Crippen LogP contribution in [0.3, 0.4) is 0 Å². The van der Waals surface area contributed by atoms with E-state index in [0.717, 1.165) is 45.3 Å². The van der Waals surface area contributed by atoms with Gasteiger partial charge in [-0.25, -0.2) is 0 Å². The number of carbonyl (C=O) groups excluding carboxylic acids is 2. The molecule has 1 aromatic rings. The molecule has 0 unspecified atom stereocenters. The maximum Gasteiger partial charge on any atom is 0.253 e. The number of amides is 2. The highest BCUT2D eigenvalue weighted by Gasteiger charge is 2.30. The zero-order valence-corrected chi connectivity index (χ0v) is 17.1. The molecule has 1 aromatic carbocycles. The largest absolute Gasteiger partial charge is 0.339 e. The van der Waals surface area contributed by atoms with E-state index in [4.69, 9.17) is 11.6 Å². The smallest absolute Gasteiger partial charge is 0.253 e. The van der Waals surface area contributed by atoms with Crippen LogP contribution >= 0.6 is 11.6 Å². The van der Waals surface area contributed by atoms with Crippen LogP contribution in [0.5, 0.6) is 0 Å². The SMILES string of the molecule is O=C(CN1CCN(C(=O)c2ccc(Cl)cc2)CC1)N1CCN(C2CCC2)CC1. The van der Waals surface area contributed by atoms with Gasteiger partial charge in [-0.3, -0.25) is 19.4 Å². The van der Waals surface area contributed by atoms with Gasteiger partial charge in [0.25, 0.3) is 5.91 Å². The third-order valence-electron chi connectivity index (χ3n) is 6.37. The molecule has 6 nitrogen and oxygen atoms in total. The average Bonchev–Trinajstić information content (AvgIpc) is 2.68. The lowest BCUT2D eigenvalue weighted by atomic mass is 9.91. The van der Waals surface area contributed by atoms with Crippen LogP contribution in [0.25, 0.3) is 0 Å². The van der Waals surface area contributed by atoms with E-state index in [1.807, 2.05) is 9.80 Å². The number of carbonyl (C=O) groups is 2. The van der Waals surface area contributed by atoms with Crippen LogP contribution in [0.4, 0.5) is 0 Å². The van der Waals surface area contributed by atoms with Crippen LogP contribution in [0.1, 0.15) is 29.6 Å². The van der Waals surface area contributed by atoms with Crippen molar-refractivity contribution in [2.45, 2.75) is 25.3 Å². The van der Waals surface area contributed by atoms with Crippen LogP contribution in [0, 0.1) is 0 Å². The molecule has 0 spiro atoms. The summed E-state index contributed by atoms with van der Waals surface area (Å²) in [6.45, 7) is 7.00. The predicted molar refractivity (Wildman–Crippen MR) is 110 cm³/mol. The highest BCUT2D eigenvalue weighted by molar-refractivity contribution is 6.30. The van der Waals surface area contributed by atoms with Crippen molar-refractivity contribution in [3.8, 4) is 0 Å². The van der Waals surface area contributed by atoms with Crippen LogP contribution in [0.15, 0.2) is 24.3 Å². The summed E-state index contributed by atoms with van der Waals surface area (Å²) in [6.07, 6.45) is 4.01. The summed E-state index contributed by atoms with van der Waals surface area (Å²) in [6, 6.07) is 7.79. The summed E-state index contributed by atoms with van der Waals surface area (Å²) in [5.74, 6) is 0.264. The molecule has 1 saturated carbocycles. The third-order valence-corrected chi connectivity index (χ3v) is 6.62. The maximum absolute atomic E-state index is 12.7. The minimum atomic E-state index is 0.0368. The second kappa shape index (κ2) is 8.80. The number of hydrogen-bond donors (Lipinski definition) is 0. The van der Waals surface area contributed by atoms with Crippen molar-refractivity contribution in [3.05, 3.63) is 34.9 Å². The molecule has 7 heteroatoms. The summed E-state index contributed by atoms with van der Waals surface area (Å²) < 4.78 is 0. The van der Waals surface area contributed by atoms with E-state index in [1.165, 1.54) is 19.3 Å². The number of nitrogens with zero attached hydrogens (tertiary/aromatic N) is 4. The van der Waals surface area contributed by atoms with E-state index < -0.39 is 0 Å². The van der Waals surface area contributed by atoms with Gasteiger partial charge in [-0.2, -0.15) is 0 Å². The van der Waals surface area contributed by atoms with Gasteiger partial charge in [-0.05, 0) is 37.1 Å². The van der Waals surface area contributed by atoms with Gasteiger partial charge in [-0.1, -0.05) is 18.0 Å². The Morgan fingerprint density at radius 1 is 0.857 bits per heavy atom. The van der Waals surface area contributed by atoms with Gasteiger partial charge in [-0.15, -0.1) is 0 Å². The van der Waals surface area contributed by atoms with Crippen LogP contribution < -0.4 is 0 Å². The summed E-state index contributed by atoms with van der Waals surface area (Å²) in [7, 11) is 0. The van der Waals surface area contributed by atoms with Crippen molar-refractivity contribution in [3.63, 3.8) is 0 Å². The van der Waals surface area contributed by atoms with Crippen molar-refractivity contribution in [2.75, 3.05) is 58.9 Å². The van der Waals surface area contributed by atoms with E-state index in [0.29, 0.717) is 30.2 Å². The molecule has 2 heterocycles. The molecule has 0 radical (unpaired) electrons. The first kappa shape index (κ1) is 19.7. The van der Waals surface area contributed by atoms with Gasteiger partial charge < -0.3 is 9.80 Å². The zero-order chi connectivity index (χ0) is 19.5. The third kappa shape index (κ3) is 4.50. The molecular formula is C21H29ClN4O2. The molecule has 2 aliphatic heterocycles. The Balaban J connectivity index is 1.20. The molecule has 0 aromatic heterocycles. The standard InChI is InChI=1S/C21H29ClN4O2/c22-18-6-4-17(5-7-18)21(28)26-10-8-23(9-11-26)16-20(27)25-14-12-24(13-15-25)19-2-1-3-19/h4-7,19H,1-3,8-16H2. The van der Waals surface area contributed by atoms with Crippen LogP contribution in [-0.4, -0.2) is 96.4 Å². The van der Waals surface area contributed by atoms with E-state index in [1.54, 1.807) is 24.3 Å². The van der Waals surface area contributed by atoms with Crippen molar-refractivity contribution < 1.29 is 9.59 Å². The lowest BCUT2D eigenvalue weighted by Gasteiger charge is -2.43. The number of benzene rings is 1. The molecule has 3 aliphatic rings. The summed E-state index contributed by atoms with van der Waals surface area (Å²) in [5, 5.41) is 0.633. The molecule has 0 bridgehead atoms. The minimum absolute atomic E-state index is 0.0368. The van der Waals surface area contributed by atoms with Gasteiger partial charge in [0.05, 0.1) is 6.54 Å². The predicted octanol–water partition coefficient (Wildman–Crippen LogP) is 1.79. The Hall–Kier alpha value is -1.63.